The monoisotopic (exact) mass is 412 g/mol. The Morgan fingerprint density at radius 1 is 1.10 bits per heavy atom. The fourth-order valence-electron chi connectivity index (χ4n) is 2.52. The van der Waals surface area contributed by atoms with E-state index in [1.165, 1.54) is 6.07 Å². The van der Waals surface area contributed by atoms with Crippen LogP contribution in [0, 0.1) is 6.92 Å². The first-order valence-electron chi connectivity index (χ1n) is 8.86. The van der Waals surface area contributed by atoms with Crippen molar-refractivity contribution in [3.05, 3.63) is 47.3 Å². The fraction of sp³-hybridized carbons (Fsp3) is 0.421. The Bertz CT molecular complexity index is 886. The molecule has 0 saturated carbocycles. The van der Waals surface area contributed by atoms with Gasteiger partial charge < -0.3 is 15.4 Å². The van der Waals surface area contributed by atoms with E-state index in [1.54, 1.807) is 45.9 Å². The zero-order valence-corrected chi connectivity index (χ0v) is 16.6. The Labute approximate surface area is 166 Å². The molecule has 29 heavy (non-hydrogen) atoms. The minimum absolute atomic E-state index is 0.00602. The average molecular weight is 412 g/mol. The molecule has 1 aromatic heterocycles. The lowest BCUT2D eigenvalue weighted by atomic mass is 10.1. The zero-order valence-electron chi connectivity index (χ0n) is 16.6. The third-order valence-electron chi connectivity index (χ3n) is 3.70. The van der Waals surface area contributed by atoms with Gasteiger partial charge in [-0.1, -0.05) is 18.2 Å². The highest BCUT2D eigenvalue weighted by molar-refractivity contribution is 5.95. The van der Waals surface area contributed by atoms with Gasteiger partial charge in [-0.05, 0) is 39.3 Å². The smallest absolute Gasteiger partial charge is 0.434 e. The van der Waals surface area contributed by atoms with Crippen LogP contribution in [0.3, 0.4) is 0 Å². The first-order chi connectivity index (χ1) is 13.4. The summed E-state index contributed by atoms with van der Waals surface area (Å²) in [6, 6.07) is 6.43. The molecule has 1 aromatic carbocycles. The van der Waals surface area contributed by atoms with E-state index in [0.29, 0.717) is 10.2 Å². The molecule has 1 heterocycles. The molecule has 0 spiro atoms. The highest BCUT2D eigenvalue weighted by atomic mass is 19.4. The average Bonchev–Trinajstić information content (AvgIpc) is 3.02. The number of benzene rings is 1. The van der Waals surface area contributed by atoms with Crippen molar-refractivity contribution in [3.63, 3.8) is 0 Å². The molecule has 0 bridgehead atoms. The molecule has 2 amide bonds. The van der Waals surface area contributed by atoms with Gasteiger partial charge in [0.25, 0.3) is 5.91 Å². The third kappa shape index (κ3) is 5.97. The van der Waals surface area contributed by atoms with E-state index < -0.39 is 35.0 Å². The van der Waals surface area contributed by atoms with Crippen LogP contribution >= 0.6 is 0 Å². The van der Waals surface area contributed by atoms with E-state index >= 15 is 0 Å². The van der Waals surface area contributed by atoms with Crippen LogP contribution in [0.5, 0.6) is 0 Å². The molecule has 10 heteroatoms. The maximum absolute atomic E-state index is 13.7. The fourth-order valence-corrected chi connectivity index (χ4v) is 2.52. The summed E-state index contributed by atoms with van der Waals surface area (Å²) in [6.07, 6.45) is -4.60. The van der Waals surface area contributed by atoms with E-state index in [2.05, 4.69) is 15.7 Å². The van der Waals surface area contributed by atoms with Gasteiger partial charge in [-0.25, -0.2) is 9.48 Å². The molecule has 2 rings (SSSR count). The second-order valence-corrected chi connectivity index (χ2v) is 7.29. The van der Waals surface area contributed by atoms with Crippen LogP contribution in [0.25, 0.3) is 5.69 Å². The third-order valence-corrected chi connectivity index (χ3v) is 3.70. The van der Waals surface area contributed by atoms with Crippen LogP contribution in [0.4, 0.5) is 18.0 Å². The molecule has 158 valence electrons. The predicted octanol–water partition coefficient (Wildman–Crippen LogP) is 3.45. The molecule has 0 atom stereocenters. The second kappa shape index (κ2) is 8.54. The number of ether oxygens (including phenoxy) is 1. The molecular formula is C19H23F3N4O3. The maximum atomic E-state index is 13.7. The minimum Gasteiger partial charge on any atom is -0.444 e. The molecule has 0 aliphatic rings. The summed E-state index contributed by atoms with van der Waals surface area (Å²) >= 11 is 0. The molecule has 2 aromatic rings. The number of aromatic nitrogens is 2. The molecule has 0 unspecified atom stereocenters. The standard InChI is InChI=1S/C19H23F3N4O3/c1-12-7-5-6-8-14(12)26-15(19(20,21)22)13(11-25-26)16(27)23-9-10-24-17(28)29-18(2,3)4/h5-8,11H,9-10H2,1-4H3,(H,23,27)(H,24,28). The van der Waals surface area contributed by atoms with Gasteiger partial charge in [0.05, 0.1) is 17.4 Å². The highest BCUT2D eigenvalue weighted by Crippen LogP contribution is 2.34. The van der Waals surface area contributed by atoms with Crippen molar-refractivity contribution in [1.29, 1.82) is 0 Å². The van der Waals surface area contributed by atoms with Crippen LogP contribution in [0.2, 0.25) is 0 Å². The van der Waals surface area contributed by atoms with Gasteiger partial charge in [-0.15, -0.1) is 0 Å². The Morgan fingerprint density at radius 2 is 1.72 bits per heavy atom. The summed E-state index contributed by atoms with van der Waals surface area (Å²) in [4.78, 5) is 23.8. The van der Waals surface area contributed by atoms with Crippen molar-refractivity contribution in [1.82, 2.24) is 20.4 Å². The minimum atomic E-state index is -4.79. The van der Waals surface area contributed by atoms with Crippen LogP contribution in [-0.2, 0) is 10.9 Å². The van der Waals surface area contributed by atoms with Gasteiger partial charge in [-0.2, -0.15) is 18.3 Å². The van der Waals surface area contributed by atoms with Crippen molar-refractivity contribution in [2.24, 2.45) is 0 Å². The first kappa shape index (κ1) is 22.3. The SMILES string of the molecule is Cc1ccccc1-n1ncc(C(=O)NCCNC(=O)OC(C)(C)C)c1C(F)(F)F. The maximum Gasteiger partial charge on any atom is 0.434 e. The number of alkyl halides is 3. The van der Waals surface area contributed by atoms with Crippen molar-refractivity contribution in [3.8, 4) is 5.69 Å². The Hall–Kier alpha value is -3.04. The number of hydrogen-bond acceptors (Lipinski definition) is 4. The lowest BCUT2D eigenvalue weighted by molar-refractivity contribution is -0.143. The number of hydrogen-bond donors (Lipinski definition) is 2. The molecule has 2 N–H and O–H groups in total. The highest BCUT2D eigenvalue weighted by Gasteiger charge is 2.40. The van der Waals surface area contributed by atoms with E-state index in [-0.39, 0.29) is 18.8 Å². The number of amides is 2. The number of halogens is 3. The zero-order chi connectivity index (χ0) is 21.8. The van der Waals surface area contributed by atoms with E-state index in [4.69, 9.17) is 4.74 Å². The lowest BCUT2D eigenvalue weighted by Crippen LogP contribution is -2.38. The Kier molecular flexibility index (Phi) is 6.55. The van der Waals surface area contributed by atoms with E-state index in [0.717, 1.165) is 6.20 Å². The number of para-hydroxylation sites is 1. The molecule has 0 saturated heterocycles. The Morgan fingerprint density at radius 3 is 2.31 bits per heavy atom. The van der Waals surface area contributed by atoms with Crippen LogP contribution in [0.1, 0.15) is 42.4 Å². The summed E-state index contributed by atoms with van der Waals surface area (Å²) in [5, 5.41) is 8.53. The molecule has 0 radical (unpaired) electrons. The number of rotatable bonds is 5. The van der Waals surface area contributed by atoms with Crippen LogP contribution in [-0.4, -0.2) is 40.5 Å². The number of aryl methyl sites for hydroxylation is 1. The van der Waals surface area contributed by atoms with Crippen LogP contribution in [0.15, 0.2) is 30.5 Å². The van der Waals surface area contributed by atoms with Gasteiger partial charge in [0.15, 0.2) is 5.69 Å². The van der Waals surface area contributed by atoms with Crippen LogP contribution < -0.4 is 10.6 Å². The van der Waals surface area contributed by atoms with Gasteiger partial charge in [0.2, 0.25) is 0 Å². The largest absolute Gasteiger partial charge is 0.444 e. The van der Waals surface area contributed by atoms with Crippen molar-refractivity contribution in [2.75, 3.05) is 13.1 Å². The topological polar surface area (TPSA) is 85.3 Å². The van der Waals surface area contributed by atoms with Crippen molar-refractivity contribution < 1.29 is 27.5 Å². The summed E-state index contributed by atoms with van der Waals surface area (Å²) in [5.41, 5.74) is -1.64. The van der Waals surface area contributed by atoms with Crippen molar-refractivity contribution >= 4 is 12.0 Å². The van der Waals surface area contributed by atoms with E-state index in [9.17, 15) is 22.8 Å². The molecule has 0 aliphatic carbocycles. The summed E-state index contributed by atoms with van der Waals surface area (Å²) in [6.45, 7) is 6.65. The van der Waals surface area contributed by atoms with Gasteiger partial charge >= 0.3 is 12.3 Å². The molecule has 0 fully saturated rings. The number of alkyl carbamates (subject to hydrolysis) is 1. The summed E-state index contributed by atoms with van der Waals surface area (Å²) in [5.74, 6) is -0.942. The molecule has 0 aliphatic heterocycles. The molecular weight excluding hydrogens is 389 g/mol. The number of nitrogens with one attached hydrogen (secondary N) is 2. The number of carbonyl (C=O) groups excluding carboxylic acids is 2. The van der Waals surface area contributed by atoms with E-state index in [1.807, 2.05) is 0 Å². The normalized spacial score (nSPS) is 11.8. The number of carbonyl (C=O) groups is 2. The molecule has 7 nitrogen and oxygen atoms in total. The van der Waals surface area contributed by atoms with Crippen molar-refractivity contribution in [2.45, 2.75) is 39.5 Å². The summed E-state index contributed by atoms with van der Waals surface area (Å²) in [7, 11) is 0. The number of nitrogens with zero attached hydrogens (tertiary/aromatic N) is 2. The van der Waals surface area contributed by atoms with Gasteiger partial charge in [-0.3, -0.25) is 4.79 Å². The predicted molar refractivity (Wildman–Crippen MR) is 99.9 cm³/mol. The lowest BCUT2D eigenvalue weighted by Gasteiger charge is -2.19. The van der Waals surface area contributed by atoms with Gasteiger partial charge in [0.1, 0.15) is 5.60 Å². The summed E-state index contributed by atoms with van der Waals surface area (Å²) < 4.78 is 46.7. The quantitative estimate of drug-likeness (QED) is 0.737. The van der Waals surface area contributed by atoms with Gasteiger partial charge in [0, 0.05) is 13.1 Å². The first-order valence-corrected chi connectivity index (χ1v) is 8.86. The second-order valence-electron chi connectivity index (χ2n) is 7.29. The Balaban J connectivity index is 2.11.